The summed E-state index contributed by atoms with van der Waals surface area (Å²) in [4.78, 5) is 7.00. The Hall–Kier alpha value is -0.770. The van der Waals surface area contributed by atoms with Crippen LogP contribution in [0.2, 0.25) is 0 Å². The zero-order chi connectivity index (χ0) is 14.5. The number of guanidine groups is 1. The molecule has 0 radical (unpaired) electrons. The van der Waals surface area contributed by atoms with E-state index in [0.29, 0.717) is 18.0 Å². The van der Waals surface area contributed by atoms with Crippen LogP contribution >= 0.6 is 0 Å². The summed E-state index contributed by atoms with van der Waals surface area (Å²) in [6.07, 6.45) is 5.27. The highest BCUT2D eigenvalue weighted by Crippen LogP contribution is 2.21. The minimum Gasteiger partial charge on any atom is -0.355 e. The first-order valence-corrected chi connectivity index (χ1v) is 8.31. The van der Waals surface area contributed by atoms with Gasteiger partial charge in [0.05, 0.1) is 0 Å². The second kappa shape index (κ2) is 7.30. The van der Waals surface area contributed by atoms with Crippen molar-refractivity contribution in [3.63, 3.8) is 0 Å². The lowest BCUT2D eigenvalue weighted by atomic mass is 9.94. The van der Waals surface area contributed by atoms with E-state index in [1.807, 2.05) is 7.05 Å². The van der Waals surface area contributed by atoms with E-state index >= 15 is 0 Å². The average Bonchev–Trinajstić information content (AvgIpc) is 3.23. The molecule has 0 amide bonds. The molecule has 0 aromatic heterocycles. The molecule has 0 bridgehead atoms. The second-order valence-electron chi connectivity index (χ2n) is 6.90. The molecule has 4 heteroatoms. The van der Waals surface area contributed by atoms with E-state index in [-0.39, 0.29) is 0 Å². The Balaban J connectivity index is 1.81. The van der Waals surface area contributed by atoms with E-state index in [2.05, 4.69) is 41.3 Å². The van der Waals surface area contributed by atoms with Crippen LogP contribution in [0.25, 0.3) is 0 Å². The normalized spacial score (nSPS) is 23.9. The third-order valence-corrected chi connectivity index (χ3v) is 4.68. The summed E-state index contributed by atoms with van der Waals surface area (Å²) in [7, 11) is 1.87. The van der Waals surface area contributed by atoms with Gasteiger partial charge in [-0.3, -0.25) is 9.89 Å². The van der Waals surface area contributed by atoms with E-state index in [1.54, 1.807) is 0 Å². The number of hydrogen-bond donors (Lipinski definition) is 2. The van der Waals surface area contributed by atoms with Gasteiger partial charge in [0.25, 0.3) is 0 Å². The first-order chi connectivity index (χ1) is 9.60. The quantitative estimate of drug-likeness (QED) is 0.598. The van der Waals surface area contributed by atoms with E-state index < -0.39 is 0 Å². The Kier molecular flexibility index (Phi) is 5.70. The molecule has 2 N–H and O–H groups in total. The molecule has 1 atom stereocenters. The molecule has 0 aromatic rings. The lowest BCUT2D eigenvalue weighted by molar-refractivity contribution is 0.110. The van der Waals surface area contributed by atoms with Crippen molar-refractivity contribution in [2.24, 2.45) is 16.8 Å². The number of nitrogens with one attached hydrogen (secondary N) is 2. The largest absolute Gasteiger partial charge is 0.355 e. The van der Waals surface area contributed by atoms with Crippen molar-refractivity contribution >= 4 is 5.96 Å². The Morgan fingerprint density at radius 3 is 2.35 bits per heavy atom. The van der Waals surface area contributed by atoms with Gasteiger partial charge in [0, 0.05) is 25.7 Å². The molecule has 116 valence electrons. The smallest absolute Gasteiger partial charge is 0.191 e. The van der Waals surface area contributed by atoms with Crippen LogP contribution in [0.4, 0.5) is 0 Å². The first-order valence-electron chi connectivity index (χ1n) is 8.31. The van der Waals surface area contributed by atoms with Crippen LogP contribution in [-0.2, 0) is 0 Å². The lowest BCUT2D eigenvalue weighted by Crippen LogP contribution is -2.51. The Morgan fingerprint density at radius 1 is 1.20 bits per heavy atom. The number of likely N-dealkylation sites (tertiary alicyclic amines) is 1. The summed E-state index contributed by atoms with van der Waals surface area (Å²) in [5.41, 5.74) is 0. The van der Waals surface area contributed by atoms with Crippen molar-refractivity contribution in [3.05, 3.63) is 0 Å². The summed E-state index contributed by atoms with van der Waals surface area (Å²) < 4.78 is 0. The fraction of sp³-hybridized carbons (Fsp3) is 0.938. The predicted octanol–water partition coefficient (Wildman–Crippen LogP) is 2.07. The van der Waals surface area contributed by atoms with Crippen LogP contribution in [0.15, 0.2) is 4.99 Å². The van der Waals surface area contributed by atoms with Crippen LogP contribution in [-0.4, -0.2) is 49.6 Å². The van der Waals surface area contributed by atoms with Gasteiger partial charge in [-0.15, -0.1) is 0 Å². The minimum absolute atomic E-state index is 0.611. The van der Waals surface area contributed by atoms with Crippen molar-refractivity contribution in [1.82, 2.24) is 15.5 Å². The summed E-state index contributed by atoms with van der Waals surface area (Å²) in [5, 5.41) is 6.99. The third-order valence-electron chi connectivity index (χ3n) is 4.68. The highest BCUT2D eigenvalue weighted by molar-refractivity contribution is 5.80. The third kappa shape index (κ3) is 4.65. The topological polar surface area (TPSA) is 39.7 Å². The van der Waals surface area contributed by atoms with Crippen LogP contribution in [0.5, 0.6) is 0 Å². The predicted molar refractivity (Wildman–Crippen MR) is 86.1 cm³/mol. The van der Waals surface area contributed by atoms with Gasteiger partial charge in [-0.05, 0) is 50.6 Å². The van der Waals surface area contributed by atoms with E-state index in [1.165, 1.54) is 38.8 Å². The molecule has 20 heavy (non-hydrogen) atoms. The Labute approximate surface area is 124 Å². The summed E-state index contributed by atoms with van der Waals surface area (Å²) >= 11 is 0. The average molecular weight is 280 g/mol. The maximum Gasteiger partial charge on any atom is 0.191 e. The van der Waals surface area contributed by atoms with Crippen molar-refractivity contribution in [2.45, 2.75) is 58.5 Å². The molecule has 1 unspecified atom stereocenters. The lowest BCUT2D eigenvalue weighted by Gasteiger charge is -2.39. The van der Waals surface area contributed by atoms with Gasteiger partial charge in [0.15, 0.2) is 5.96 Å². The number of aliphatic imine (C=N–C) groups is 1. The molecular formula is C16H32N4. The molecule has 4 nitrogen and oxygen atoms in total. The zero-order valence-electron chi connectivity index (χ0n) is 13.7. The summed E-state index contributed by atoms with van der Waals surface area (Å²) in [6, 6.07) is 1.27. The standard InChI is InChI=1S/C16H32N4/c1-12(2)15(20-9-7-13(3)8-10-20)11-18-16(17-4)19-14-5-6-14/h12-15H,5-11H2,1-4H3,(H2,17,18,19). The molecule has 0 spiro atoms. The van der Waals surface area contributed by atoms with Gasteiger partial charge >= 0.3 is 0 Å². The molecule has 2 fully saturated rings. The van der Waals surface area contributed by atoms with Crippen LogP contribution in [0.1, 0.15) is 46.5 Å². The van der Waals surface area contributed by atoms with Gasteiger partial charge in [-0.1, -0.05) is 20.8 Å². The van der Waals surface area contributed by atoms with Gasteiger partial charge in [-0.2, -0.15) is 0 Å². The molecule has 2 rings (SSSR count). The number of piperidine rings is 1. The molecule has 1 saturated carbocycles. The molecule has 2 aliphatic rings. The van der Waals surface area contributed by atoms with Crippen LogP contribution in [0.3, 0.4) is 0 Å². The van der Waals surface area contributed by atoms with Crippen LogP contribution in [0, 0.1) is 11.8 Å². The Morgan fingerprint density at radius 2 is 1.85 bits per heavy atom. The SMILES string of the molecule is CN=C(NCC(C(C)C)N1CCC(C)CC1)NC1CC1. The fourth-order valence-corrected chi connectivity index (χ4v) is 2.96. The first kappa shape index (κ1) is 15.6. The highest BCUT2D eigenvalue weighted by Gasteiger charge is 2.26. The van der Waals surface area contributed by atoms with Gasteiger partial charge in [0.2, 0.25) is 0 Å². The number of hydrogen-bond acceptors (Lipinski definition) is 2. The van der Waals surface area contributed by atoms with E-state index in [4.69, 9.17) is 0 Å². The van der Waals surface area contributed by atoms with Crippen LogP contribution < -0.4 is 10.6 Å². The Bertz CT molecular complexity index is 314. The second-order valence-corrected chi connectivity index (χ2v) is 6.90. The van der Waals surface area contributed by atoms with Crippen molar-refractivity contribution in [2.75, 3.05) is 26.7 Å². The van der Waals surface area contributed by atoms with E-state index in [9.17, 15) is 0 Å². The van der Waals surface area contributed by atoms with Crippen molar-refractivity contribution < 1.29 is 0 Å². The highest BCUT2D eigenvalue weighted by atomic mass is 15.2. The molecular weight excluding hydrogens is 248 g/mol. The van der Waals surface area contributed by atoms with Gasteiger partial charge in [0.1, 0.15) is 0 Å². The number of rotatable bonds is 5. The van der Waals surface area contributed by atoms with E-state index in [0.717, 1.165) is 18.4 Å². The van der Waals surface area contributed by atoms with Crippen molar-refractivity contribution in [1.29, 1.82) is 0 Å². The summed E-state index contributed by atoms with van der Waals surface area (Å²) in [5.74, 6) is 2.55. The maximum atomic E-state index is 4.33. The maximum absolute atomic E-state index is 4.33. The summed E-state index contributed by atoms with van der Waals surface area (Å²) in [6.45, 7) is 10.5. The van der Waals surface area contributed by atoms with Gasteiger partial charge < -0.3 is 10.6 Å². The monoisotopic (exact) mass is 280 g/mol. The molecule has 0 aromatic carbocycles. The fourth-order valence-electron chi connectivity index (χ4n) is 2.96. The number of nitrogens with zero attached hydrogens (tertiary/aromatic N) is 2. The molecule has 1 saturated heterocycles. The zero-order valence-corrected chi connectivity index (χ0v) is 13.7. The molecule has 1 aliphatic heterocycles. The minimum atomic E-state index is 0.611. The molecule has 1 heterocycles. The van der Waals surface area contributed by atoms with Crippen molar-refractivity contribution in [3.8, 4) is 0 Å². The molecule has 1 aliphatic carbocycles. The van der Waals surface area contributed by atoms with Gasteiger partial charge in [-0.25, -0.2) is 0 Å².